The van der Waals surface area contributed by atoms with E-state index in [0.29, 0.717) is 21.9 Å². The summed E-state index contributed by atoms with van der Waals surface area (Å²) in [5.74, 6) is -0.217. The van der Waals surface area contributed by atoms with Crippen LogP contribution in [0.15, 0.2) is 66.3 Å². The van der Waals surface area contributed by atoms with Crippen LogP contribution in [0.25, 0.3) is 0 Å². The van der Waals surface area contributed by atoms with Gasteiger partial charge in [0.2, 0.25) is 0 Å². The molecule has 2 aromatic heterocycles. The van der Waals surface area contributed by atoms with E-state index in [1.807, 2.05) is 11.4 Å². The molecule has 0 saturated carbocycles. The largest absolute Gasteiger partial charge is 0.423 e. The molecule has 0 spiro atoms. The molecule has 114 valence electrons. The fraction of sp³-hybridized carbons (Fsp3) is 0. The Morgan fingerprint density at radius 3 is 2.39 bits per heavy atom. The third kappa shape index (κ3) is 3.81. The van der Waals surface area contributed by atoms with Gasteiger partial charge in [0, 0.05) is 18.1 Å². The van der Waals surface area contributed by atoms with Crippen molar-refractivity contribution in [1.82, 2.24) is 4.98 Å². The Balaban J connectivity index is 1.63. The number of pyridine rings is 1. The van der Waals surface area contributed by atoms with Crippen molar-refractivity contribution in [3.05, 3.63) is 76.7 Å². The van der Waals surface area contributed by atoms with E-state index in [0.717, 1.165) is 0 Å². The summed E-state index contributed by atoms with van der Waals surface area (Å²) in [7, 11) is 0. The molecule has 6 heteroatoms. The van der Waals surface area contributed by atoms with E-state index >= 15 is 0 Å². The fourth-order valence-electron chi connectivity index (χ4n) is 1.86. The van der Waals surface area contributed by atoms with Gasteiger partial charge in [-0.15, -0.1) is 11.3 Å². The highest BCUT2D eigenvalue weighted by Gasteiger charge is 2.09. The summed E-state index contributed by atoms with van der Waals surface area (Å²) in [6, 6.07) is 13.4. The quantitative estimate of drug-likeness (QED) is 0.588. The van der Waals surface area contributed by atoms with E-state index < -0.39 is 5.97 Å². The number of amides is 1. The van der Waals surface area contributed by atoms with Gasteiger partial charge in [0.25, 0.3) is 5.91 Å². The normalized spacial score (nSPS) is 10.1. The smallest absolute Gasteiger partial charge is 0.343 e. The number of hydrogen-bond acceptors (Lipinski definition) is 5. The summed E-state index contributed by atoms with van der Waals surface area (Å²) >= 11 is 1.37. The standard InChI is InChI=1S/C17H12N2O3S/c20-16(15-2-1-11-23-15)19-13-3-5-14(6-4-13)22-17(21)12-7-9-18-10-8-12/h1-11H,(H,19,20). The van der Waals surface area contributed by atoms with Crippen molar-refractivity contribution >= 4 is 28.9 Å². The number of nitrogens with one attached hydrogen (secondary N) is 1. The number of hydrogen-bond donors (Lipinski definition) is 1. The van der Waals surface area contributed by atoms with Crippen molar-refractivity contribution in [2.24, 2.45) is 0 Å². The maximum atomic E-state index is 11.9. The first-order valence-corrected chi connectivity index (χ1v) is 7.67. The zero-order valence-electron chi connectivity index (χ0n) is 11.9. The Morgan fingerprint density at radius 1 is 1.00 bits per heavy atom. The molecule has 1 aromatic carbocycles. The molecule has 1 amide bonds. The zero-order chi connectivity index (χ0) is 16.1. The summed E-state index contributed by atoms with van der Waals surface area (Å²) < 4.78 is 5.26. The van der Waals surface area contributed by atoms with Gasteiger partial charge >= 0.3 is 5.97 Å². The second kappa shape index (κ2) is 6.85. The molecule has 0 bridgehead atoms. The number of anilines is 1. The molecule has 1 N–H and O–H groups in total. The maximum absolute atomic E-state index is 11.9. The average molecular weight is 324 g/mol. The summed E-state index contributed by atoms with van der Waals surface area (Å²) in [6.45, 7) is 0. The number of thiophene rings is 1. The second-order valence-electron chi connectivity index (χ2n) is 4.58. The van der Waals surface area contributed by atoms with Crippen LogP contribution in [-0.2, 0) is 0 Å². The third-order valence-electron chi connectivity index (χ3n) is 2.98. The molecule has 0 radical (unpaired) electrons. The molecule has 3 rings (SSSR count). The van der Waals surface area contributed by atoms with Gasteiger partial charge in [0.15, 0.2) is 0 Å². The maximum Gasteiger partial charge on any atom is 0.343 e. The van der Waals surface area contributed by atoms with Crippen LogP contribution in [0.2, 0.25) is 0 Å². The van der Waals surface area contributed by atoms with Crippen molar-refractivity contribution in [1.29, 1.82) is 0 Å². The number of aromatic nitrogens is 1. The van der Waals surface area contributed by atoms with E-state index in [9.17, 15) is 9.59 Å². The lowest BCUT2D eigenvalue weighted by molar-refractivity contribution is 0.0734. The van der Waals surface area contributed by atoms with Crippen molar-refractivity contribution in [2.45, 2.75) is 0 Å². The molecule has 5 nitrogen and oxygen atoms in total. The number of nitrogens with zero attached hydrogens (tertiary/aromatic N) is 1. The fourth-order valence-corrected chi connectivity index (χ4v) is 2.48. The molecular formula is C17H12N2O3S. The molecule has 0 aliphatic heterocycles. The van der Waals surface area contributed by atoms with Crippen LogP contribution >= 0.6 is 11.3 Å². The molecule has 2 heterocycles. The lowest BCUT2D eigenvalue weighted by Crippen LogP contribution is -2.10. The summed E-state index contributed by atoms with van der Waals surface area (Å²) in [5, 5.41) is 4.62. The minimum atomic E-state index is -0.456. The van der Waals surface area contributed by atoms with Gasteiger partial charge in [-0.2, -0.15) is 0 Å². The van der Waals surface area contributed by atoms with Crippen molar-refractivity contribution in [3.8, 4) is 5.75 Å². The van der Waals surface area contributed by atoms with Crippen LogP contribution < -0.4 is 10.1 Å². The Bertz CT molecular complexity index is 800. The van der Waals surface area contributed by atoms with Gasteiger partial charge in [-0.3, -0.25) is 9.78 Å². The Hall–Kier alpha value is -2.99. The highest BCUT2D eigenvalue weighted by atomic mass is 32.1. The van der Waals surface area contributed by atoms with E-state index in [-0.39, 0.29) is 5.91 Å². The highest BCUT2D eigenvalue weighted by molar-refractivity contribution is 7.12. The molecule has 0 unspecified atom stereocenters. The van der Waals surface area contributed by atoms with Gasteiger partial charge in [-0.05, 0) is 47.8 Å². The summed E-state index contributed by atoms with van der Waals surface area (Å²) in [4.78, 5) is 28.3. The predicted molar refractivity (Wildman–Crippen MR) is 87.9 cm³/mol. The van der Waals surface area contributed by atoms with Crippen molar-refractivity contribution < 1.29 is 14.3 Å². The van der Waals surface area contributed by atoms with Gasteiger partial charge in [0.1, 0.15) is 5.75 Å². The van der Waals surface area contributed by atoms with E-state index in [1.54, 1.807) is 42.5 Å². The minimum Gasteiger partial charge on any atom is -0.423 e. The summed E-state index contributed by atoms with van der Waals surface area (Å²) in [6.07, 6.45) is 3.06. The number of rotatable bonds is 4. The number of ether oxygens (including phenoxy) is 1. The van der Waals surface area contributed by atoms with Crippen molar-refractivity contribution in [2.75, 3.05) is 5.32 Å². The van der Waals surface area contributed by atoms with Crippen molar-refractivity contribution in [3.63, 3.8) is 0 Å². The van der Waals surface area contributed by atoms with E-state index in [4.69, 9.17) is 4.74 Å². The third-order valence-corrected chi connectivity index (χ3v) is 3.85. The Morgan fingerprint density at radius 2 is 1.74 bits per heavy atom. The predicted octanol–water partition coefficient (Wildman–Crippen LogP) is 3.61. The van der Waals surface area contributed by atoms with Crippen LogP contribution in [0, 0.1) is 0 Å². The van der Waals surface area contributed by atoms with Crippen LogP contribution in [0.1, 0.15) is 20.0 Å². The number of carbonyl (C=O) groups excluding carboxylic acids is 2. The Labute approximate surface area is 136 Å². The molecule has 3 aromatic rings. The van der Waals surface area contributed by atoms with Gasteiger partial charge in [-0.1, -0.05) is 6.07 Å². The van der Waals surface area contributed by atoms with Crippen LogP contribution in [-0.4, -0.2) is 16.9 Å². The Kier molecular flexibility index (Phi) is 4.44. The molecule has 0 atom stereocenters. The molecule has 23 heavy (non-hydrogen) atoms. The van der Waals surface area contributed by atoms with Gasteiger partial charge in [0.05, 0.1) is 10.4 Å². The number of carbonyl (C=O) groups is 2. The number of benzene rings is 1. The lowest BCUT2D eigenvalue weighted by atomic mass is 10.2. The minimum absolute atomic E-state index is 0.165. The molecule has 0 fully saturated rings. The SMILES string of the molecule is O=C(Oc1ccc(NC(=O)c2cccs2)cc1)c1ccncc1. The average Bonchev–Trinajstić information content (AvgIpc) is 3.12. The first-order valence-electron chi connectivity index (χ1n) is 6.79. The van der Waals surface area contributed by atoms with E-state index in [2.05, 4.69) is 10.3 Å². The molecule has 0 aliphatic carbocycles. The zero-order valence-corrected chi connectivity index (χ0v) is 12.7. The molecule has 0 aliphatic rings. The first kappa shape index (κ1) is 14.9. The van der Waals surface area contributed by atoms with Crippen LogP contribution in [0.3, 0.4) is 0 Å². The van der Waals surface area contributed by atoms with Gasteiger partial charge in [-0.25, -0.2) is 4.79 Å². The second-order valence-corrected chi connectivity index (χ2v) is 5.53. The van der Waals surface area contributed by atoms with Gasteiger partial charge < -0.3 is 10.1 Å². The first-order chi connectivity index (χ1) is 11.2. The topological polar surface area (TPSA) is 68.3 Å². The molecular weight excluding hydrogens is 312 g/mol. The number of esters is 1. The lowest BCUT2D eigenvalue weighted by Gasteiger charge is -2.06. The monoisotopic (exact) mass is 324 g/mol. The summed E-state index contributed by atoms with van der Waals surface area (Å²) in [5.41, 5.74) is 1.06. The van der Waals surface area contributed by atoms with Crippen LogP contribution in [0.4, 0.5) is 5.69 Å². The highest BCUT2D eigenvalue weighted by Crippen LogP contribution is 2.18. The van der Waals surface area contributed by atoms with E-state index in [1.165, 1.54) is 23.7 Å². The van der Waals surface area contributed by atoms with Crippen LogP contribution in [0.5, 0.6) is 5.75 Å². The molecule has 0 saturated heterocycles.